The molecule has 0 unspecified atom stereocenters. The Hall–Kier alpha value is -1.53. The van der Waals surface area contributed by atoms with E-state index in [0.29, 0.717) is 12.5 Å². The van der Waals surface area contributed by atoms with Gasteiger partial charge in [0.15, 0.2) is 0 Å². The molecule has 2 fully saturated rings. The molecular formula is C17H27N3O3. The van der Waals surface area contributed by atoms with Gasteiger partial charge in [-0.1, -0.05) is 0 Å². The molecule has 0 radical (unpaired) electrons. The Morgan fingerprint density at radius 2 is 2.09 bits per heavy atom. The van der Waals surface area contributed by atoms with Crippen molar-refractivity contribution in [3.63, 3.8) is 0 Å². The average Bonchev–Trinajstić information content (AvgIpc) is 3.31. The van der Waals surface area contributed by atoms with Gasteiger partial charge in [0.25, 0.3) is 0 Å². The summed E-state index contributed by atoms with van der Waals surface area (Å²) in [6, 6.07) is 4.18. The Kier molecular flexibility index (Phi) is 5.23. The van der Waals surface area contributed by atoms with E-state index in [0.717, 1.165) is 37.8 Å². The van der Waals surface area contributed by atoms with Crippen LogP contribution in [0.25, 0.3) is 0 Å². The van der Waals surface area contributed by atoms with Gasteiger partial charge in [0.05, 0.1) is 19.3 Å². The van der Waals surface area contributed by atoms with Crippen LogP contribution in [0.5, 0.6) is 0 Å². The van der Waals surface area contributed by atoms with E-state index < -0.39 is 0 Å². The molecule has 0 bridgehead atoms. The van der Waals surface area contributed by atoms with Gasteiger partial charge >= 0.3 is 6.03 Å². The van der Waals surface area contributed by atoms with Crippen molar-refractivity contribution >= 4 is 6.03 Å². The van der Waals surface area contributed by atoms with Crippen LogP contribution in [0.1, 0.15) is 37.3 Å². The lowest BCUT2D eigenvalue weighted by atomic mass is 10.1. The van der Waals surface area contributed by atoms with E-state index in [1.54, 1.807) is 0 Å². The monoisotopic (exact) mass is 321 g/mol. The second kappa shape index (κ2) is 7.36. The molecule has 23 heavy (non-hydrogen) atoms. The van der Waals surface area contributed by atoms with Gasteiger partial charge in [-0.05, 0) is 44.7 Å². The highest BCUT2D eigenvalue weighted by molar-refractivity contribution is 5.74. The summed E-state index contributed by atoms with van der Waals surface area (Å²) in [7, 11) is 0. The first-order valence-corrected chi connectivity index (χ1v) is 8.56. The maximum atomic E-state index is 12.1. The molecule has 0 aromatic carbocycles. The number of amides is 2. The molecule has 2 aliphatic rings. The molecule has 2 heterocycles. The highest BCUT2D eigenvalue weighted by Gasteiger charge is 2.30. The lowest BCUT2D eigenvalue weighted by Gasteiger charge is -2.33. The number of hydrogen-bond acceptors (Lipinski definition) is 4. The summed E-state index contributed by atoms with van der Waals surface area (Å²) in [5.74, 6) is 2.45. The first kappa shape index (κ1) is 16.3. The fourth-order valence-electron chi connectivity index (χ4n) is 3.09. The molecule has 1 aliphatic heterocycles. The minimum absolute atomic E-state index is 0.0505. The van der Waals surface area contributed by atoms with Crippen LogP contribution >= 0.6 is 0 Å². The van der Waals surface area contributed by atoms with Crippen molar-refractivity contribution in [3.05, 3.63) is 23.7 Å². The van der Waals surface area contributed by atoms with E-state index in [2.05, 4.69) is 22.5 Å². The number of rotatable bonds is 6. The number of ether oxygens (including phenoxy) is 1. The van der Waals surface area contributed by atoms with Crippen LogP contribution in [0, 0.1) is 12.8 Å². The van der Waals surface area contributed by atoms with Gasteiger partial charge in [-0.15, -0.1) is 0 Å². The lowest BCUT2D eigenvalue weighted by Crippen LogP contribution is -2.47. The van der Waals surface area contributed by atoms with Gasteiger partial charge in [-0.25, -0.2) is 4.79 Å². The number of furan rings is 1. The Bertz CT molecular complexity index is 521. The smallest absolute Gasteiger partial charge is 0.315 e. The van der Waals surface area contributed by atoms with E-state index >= 15 is 0 Å². The summed E-state index contributed by atoms with van der Waals surface area (Å²) in [4.78, 5) is 14.4. The molecule has 2 amide bonds. The summed E-state index contributed by atoms with van der Waals surface area (Å²) in [5.41, 5.74) is 0. The molecular weight excluding hydrogens is 294 g/mol. The van der Waals surface area contributed by atoms with Gasteiger partial charge in [-0.3, -0.25) is 4.90 Å². The zero-order valence-electron chi connectivity index (χ0n) is 14.0. The number of aryl methyl sites for hydroxylation is 1. The van der Waals surface area contributed by atoms with Gasteiger partial charge < -0.3 is 19.8 Å². The van der Waals surface area contributed by atoms with Crippen molar-refractivity contribution in [1.29, 1.82) is 0 Å². The lowest BCUT2D eigenvalue weighted by molar-refractivity contribution is 0.0121. The summed E-state index contributed by atoms with van der Waals surface area (Å²) >= 11 is 0. The van der Waals surface area contributed by atoms with Crippen LogP contribution in [0.2, 0.25) is 0 Å². The van der Waals surface area contributed by atoms with Crippen LogP contribution in [0.3, 0.4) is 0 Å². The molecule has 6 heteroatoms. The summed E-state index contributed by atoms with van der Waals surface area (Å²) in [6.45, 7) is 7.71. The van der Waals surface area contributed by atoms with Crippen molar-refractivity contribution in [2.24, 2.45) is 5.92 Å². The van der Waals surface area contributed by atoms with Crippen LogP contribution in [0.4, 0.5) is 4.79 Å². The van der Waals surface area contributed by atoms with E-state index in [9.17, 15) is 4.79 Å². The zero-order valence-corrected chi connectivity index (χ0v) is 14.0. The average molecular weight is 321 g/mol. The third kappa shape index (κ3) is 4.48. The predicted molar refractivity (Wildman–Crippen MR) is 87.3 cm³/mol. The summed E-state index contributed by atoms with van der Waals surface area (Å²) < 4.78 is 11.2. The SMILES string of the molecule is Cc1ccc([C@H](CNC(=O)N[C@@H](C)C2CC2)N2CCOCC2)o1. The highest BCUT2D eigenvalue weighted by atomic mass is 16.5. The predicted octanol–water partition coefficient (Wildman–Crippen LogP) is 2.06. The minimum atomic E-state index is -0.0917. The maximum absolute atomic E-state index is 12.1. The maximum Gasteiger partial charge on any atom is 0.315 e. The van der Waals surface area contributed by atoms with Crippen molar-refractivity contribution in [2.45, 2.75) is 38.8 Å². The standard InChI is InChI=1S/C17H27N3O3/c1-12-3-6-16(23-12)15(20-7-9-22-10-8-20)11-18-17(21)19-13(2)14-4-5-14/h3,6,13-15H,4-5,7-11H2,1-2H3,(H2,18,19,21)/t13-,15-/m0/s1. The van der Waals surface area contributed by atoms with Crippen molar-refractivity contribution in [3.8, 4) is 0 Å². The van der Waals surface area contributed by atoms with Crippen LogP contribution < -0.4 is 10.6 Å². The molecule has 6 nitrogen and oxygen atoms in total. The molecule has 2 atom stereocenters. The van der Waals surface area contributed by atoms with Crippen LogP contribution in [-0.2, 0) is 4.74 Å². The Morgan fingerprint density at radius 3 is 2.70 bits per heavy atom. The van der Waals surface area contributed by atoms with Crippen molar-refractivity contribution < 1.29 is 13.9 Å². The van der Waals surface area contributed by atoms with Crippen molar-refractivity contribution in [1.82, 2.24) is 15.5 Å². The van der Waals surface area contributed by atoms with E-state index in [4.69, 9.17) is 9.15 Å². The normalized spacial score (nSPS) is 21.7. The molecule has 2 N–H and O–H groups in total. The van der Waals surface area contributed by atoms with E-state index in [-0.39, 0.29) is 18.1 Å². The van der Waals surface area contributed by atoms with Crippen LogP contribution in [-0.4, -0.2) is 49.8 Å². The van der Waals surface area contributed by atoms with Gasteiger partial charge in [-0.2, -0.15) is 0 Å². The molecule has 0 spiro atoms. The topological polar surface area (TPSA) is 66.7 Å². The van der Waals surface area contributed by atoms with Crippen LogP contribution in [0.15, 0.2) is 16.5 Å². The fourth-order valence-corrected chi connectivity index (χ4v) is 3.09. The number of nitrogens with one attached hydrogen (secondary N) is 2. The van der Waals surface area contributed by atoms with Crippen molar-refractivity contribution in [2.75, 3.05) is 32.8 Å². The number of carbonyl (C=O) groups excluding carboxylic acids is 1. The molecule has 1 aromatic rings. The third-order valence-corrected chi connectivity index (χ3v) is 4.72. The zero-order chi connectivity index (χ0) is 16.2. The molecule has 1 saturated carbocycles. The first-order valence-electron chi connectivity index (χ1n) is 8.56. The number of carbonyl (C=O) groups is 1. The van der Waals surface area contributed by atoms with E-state index in [1.165, 1.54) is 12.8 Å². The largest absolute Gasteiger partial charge is 0.465 e. The highest BCUT2D eigenvalue weighted by Crippen LogP contribution is 2.32. The summed E-state index contributed by atoms with van der Waals surface area (Å²) in [6.07, 6.45) is 2.45. The molecule has 1 aromatic heterocycles. The number of morpholine rings is 1. The first-order chi connectivity index (χ1) is 11.1. The fraction of sp³-hybridized carbons (Fsp3) is 0.706. The van der Waals surface area contributed by atoms with Gasteiger partial charge in [0, 0.05) is 25.7 Å². The third-order valence-electron chi connectivity index (χ3n) is 4.72. The Labute approximate surface area is 137 Å². The Balaban J connectivity index is 1.57. The number of hydrogen-bond donors (Lipinski definition) is 2. The quantitative estimate of drug-likeness (QED) is 0.842. The molecule has 3 rings (SSSR count). The summed E-state index contributed by atoms with van der Waals surface area (Å²) in [5, 5.41) is 6.04. The Morgan fingerprint density at radius 1 is 1.35 bits per heavy atom. The van der Waals surface area contributed by atoms with Gasteiger partial charge in [0.1, 0.15) is 11.5 Å². The molecule has 1 aliphatic carbocycles. The van der Waals surface area contributed by atoms with Gasteiger partial charge in [0.2, 0.25) is 0 Å². The van der Waals surface area contributed by atoms with E-state index in [1.807, 2.05) is 19.1 Å². The second-order valence-corrected chi connectivity index (χ2v) is 6.59. The second-order valence-electron chi connectivity index (χ2n) is 6.59. The number of urea groups is 1. The minimum Gasteiger partial charge on any atom is -0.465 e. The number of nitrogens with zero attached hydrogens (tertiary/aromatic N) is 1. The molecule has 128 valence electrons. The molecule has 1 saturated heterocycles.